The van der Waals surface area contributed by atoms with Gasteiger partial charge in [0, 0.05) is 6.42 Å². The number of hydrogen-bond acceptors (Lipinski definition) is 4. The third-order valence-electron chi connectivity index (χ3n) is 2.82. The maximum Gasteiger partial charge on any atom is 0.305 e. The van der Waals surface area contributed by atoms with Crippen molar-refractivity contribution >= 4 is 5.97 Å². The molecule has 0 saturated heterocycles. The third-order valence-corrected chi connectivity index (χ3v) is 2.82. The Bertz CT molecular complexity index is 413. The average molecular weight is 252 g/mol. The van der Waals surface area contributed by atoms with Crippen LogP contribution in [0.15, 0.2) is 12.1 Å². The minimum Gasteiger partial charge on any atom is -0.497 e. The van der Waals surface area contributed by atoms with Crippen molar-refractivity contribution in [2.24, 2.45) is 0 Å². The van der Waals surface area contributed by atoms with Crippen LogP contribution in [0, 0.1) is 6.92 Å². The SMILES string of the molecule is COC(=O)CCCc1cc(OC)cc(C)c1OC. The number of rotatable bonds is 6. The van der Waals surface area contributed by atoms with Gasteiger partial charge in [-0.1, -0.05) is 0 Å². The van der Waals surface area contributed by atoms with E-state index in [1.54, 1.807) is 14.2 Å². The van der Waals surface area contributed by atoms with Gasteiger partial charge in [-0.25, -0.2) is 0 Å². The molecule has 1 rings (SSSR count). The molecule has 1 aromatic carbocycles. The van der Waals surface area contributed by atoms with E-state index in [0.717, 1.165) is 35.5 Å². The Morgan fingerprint density at radius 2 is 1.89 bits per heavy atom. The van der Waals surface area contributed by atoms with Crippen LogP contribution in [-0.2, 0) is 16.0 Å². The zero-order chi connectivity index (χ0) is 13.5. The number of benzene rings is 1. The minimum atomic E-state index is -0.186. The molecule has 0 bridgehead atoms. The van der Waals surface area contributed by atoms with Gasteiger partial charge in [-0.3, -0.25) is 4.79 Å². The monoisotopic (exact) mass is 252 g/mol. The van der Waals surface area contributed by atoms with E-state index >= 15 is 0 Å². The number of esters is 1. The second-order valence-electron chi connectivity index (χ2n) is 4.07. The predicted molar refractivity (Wildman–Crippen MR) is 69.2 cm³/mol. The maximum absolute atomic E-state index is 11.1. The Labute approximate surface area is 108 Å². The molecule has 0 atom stereocenters. The molecule has 0 aromatic heterocycles. The molecule has 0 aliphatic heterocycles. The van der Waals surface area contributed by atoms with E-state index in [2.05, 4.69) is 4.74 Å². The van der Waals surface area contributed by atoms with Crippen LogP contribution in [0.4, 0.5) is 0 Å². The number of carbonyl (C=O) groups excluding carboxylic acids is 1. The first-order chi connectivity index (χ1) is 8.62. The number of ether oxygens (including phenoxy) is 3. The lowest BCUT2D eigenvalue weighted by atomic mass is 10.0. The van der Waals surface area contributed by atoms with Crippen LogP contribution < -0.4 is 9.47 Å². The van der Waals surface area contributed by atoms with Crippen molar-refractivity contribution in [2.75, 3.05) is 21.3 Å². The lowest BCUT2D eigenvalue weighted by Gasteiger charge is -2.13. The normalized spacial score (nSPS) is 10.0. The van der Waals surface area contributed by atoms with Crippen molar-refractivity contribution in [3.63, 3.8) is 0 Å². The van der Waals surface area contributed by atoms with E-state index < -0.39 is 0 Å². The fraction of sp³-hybridized carbons (Fsp3) is 0.500. The summed E-state index contributed by atoms with van der Waals surface area (Å²) < 4.78 is 15.2. The first-order valence-corrected chi connectivity index (χ1v) is 5.90. The van der Waals surface area contributed by atoms with Gasteiger partial charge in [0.1, 0.15) is 11.5 Å². The van der Waals surface area contributed by atoms with E-state index in [1.165, 1.54) is 7.11 Å². The second-order valence-corrected chi connectivity index (χ2v) is 4.07. The summed E-state index contributed by atoms with van der Waals surface area (Å²) in [5, 5.41) is 0. The molecule has 18 heavy (non-hydrogen) atoms. The highest BCUT2D eigenvalue weighted by molar-refractivity contribution is 5.69. The molecule has 1 aromatic rings. The van der Waals surface area contributed by atoms with Gasteiger partial charge in [0.2, 0.25) is 0 Å². The molecule has 100 valence electrons. The first kappa shape index (κ1) is 14.4. The summed E-state index contributed by atoms with van der Waals surface area (Å²) in [7, 11) is 4.69. The summed E-state index contributed by atoms with van der Waals surface area (Å²) in [5.74, 6) is 1.48. The molecule has 4 nitrogen and oxygen atoms in total. The summed E-state index contributed by atoms with van der Waals surface area (Å²) in [4.78, 5) is 11.1. The van der Waals surface area contributed by atoms with Crippen LogP contribution in [0.5, 0.6) is 11.5 Å². The van der Waals surface area contributed by atoms with Gasteiger partial charge in [0.15, 0.2) is 0 Å². The van der Waals surface area contributed by atoms with Gasteiger partial charge in [-0.15, -0.1) is 0 Å². The van der Waals surface area contributed by atoms with Gasteiger partial charge in [0.05, 0.1) is 21.3 Å². The van der Waals surface area contributed by atoms with E-state index in [-0.39, 0.29) is 5.97 Å². The highest BCUT2D eigenvalue weighted by atomic mass is 16.5. The summed E-state index contributed by atoms with van der Waals surface area (Å²) in [6.45, 7) is 1.98. The van der Waals surface area contributed by atoms with Crippen LogP contribution in [0.1, 0.15) is 24.0 Å². The summed E-state index contributed by atoms with van der Waals surface area (Å²) in [6.07, 6.45) is 1.90. The quantitative estimate of drug-likeness (QED) is 0.730. The topological polar surface area (TPSA) is 44.8 Å². The molecule has 0 N–H and O–H groups in total. The largest absolute Gasteiger partial charge is 0.497 e. The molecule has 0 saturated carbocycles. The molecule has 0 heterocycles. The molecule has 0 aliphatic carbocycles. The molecule has 0 radical (unpaired) electrons. The van der Waals surface area contributed by atoms with Crippen LogP contribution in [0.3, 0.4) is 0 Å². The minimum absolute atomic E-state index is 0.186. The molecule has 0 spiro atoms. The van der Waals surface area contributed by atoms with Crippen molar-refractivity contribution < 1.29 is 19.0 Å². The van der Waals surface area contributed by atoms with E-state index in [9.17, 15) is 4.79 Å². The van der Waals surface area contributed by atoms with Crippen LogP contribution >= 0.6 is 0 Å². The van der Waals surface area contributed by atoms with Gasteiger partial charge >= 0.3 is 5.97 Å². The Hall–Kier alpha value is -1.71. The fourth-order valence-corrected chi connectivity index (χ4v) is 1.93. The van der Waals surface area contributed by atoms with Gasteiger partial charge < -0.3 is 14.2 Å². The van der Waals surface area contributed by atoms with E-state index in [4.69, 9.17) is 9.47 Å². The Balaban J connectivity index is 2.79. The summed E-state index contributed by atoms with van der Waals surface area (Å²) in [6, 6.07) is 3.88. The molecule has 4 heteroatoms. The van der Waals surface area contributed by atoms with Crippen molar-refractivity contribution in [1.29, 1.82) is 0 Å². The Morgan fingerprint density at radius 3 is 2.44 bits per heavy atom. The van der Waals surface area contributed by atoms with Gasteiger partial charge in [-0.05, 0) is 43.0 Å². The zero-order valence-electron chi connectivity index (χ0n) is 11.4. The van der Waals surface area contributed by atoms with Crippen LogP contribution in [0.25, 0.3) is 0 Å². The van der Waals surface area contributed by atoms with Gasteiger partial charge in [0.25, 0.3) is 0 Å². The van der Waals surface area contributed by atoms with E-state index in [0.29, 0.717) is 6.42 Å². The van der Waals surface area contributed by atoms with Gasteiger partial charge in [-0.2, -0.15) is 0 Å². The summed E-state index contributed by atoms with van der Waals surface area (Å²) in [5.41, 5.74) is 2.09. The highest BCUT2D eigenvalue weighted by Gasteiger charge is 2.10. The zero-order valence-corrected chi connectivity index (χ0v) is 11.4. The molecular formula is C14H20O4. The smallest absolute Gasteiger partial charge is 0.305 e. The lowest BCUT2D eigenvalue weighted by molar-refractivity contribution is -0.140. The predicted octanol–water partition coefficient (Wildman–Crippen LogP) is 2.51. The van der Waals surface area contributed by atoms with Crippen LogP contribution in [-0.4, -0.2) is 27.3 Å². The third kappa shape index (κ3) is 3.65. The fourth-order valence-electron chi connectivity index (χ4n) is 1.93. The van der Waals surface area contributed by atoms with Crippen LogP contribution in [0.2, 0.25) is 0 Å². The molecular weight excluding hydrogens is 232 g/mol. The van der Waals surface area contributed by atoms with Crippen molar-refractivity contribution in [1.82, 2.24) is 0 Å². The Kier molecular flexibility index (Phi) is 5.49. The van der Waals surface area contributed by atoms with Crippen molar-refractivity contribution in [2.45, 2.75) is 26.2 Å². The molecule has 0 aliphatic rings. The number of aryl methyl sites for hydroxylation is 2. The Morgan fingerprint density at radius 1 is 1.17 bits per heavy atom. The molecule has 0 fully saturated rings. The lowest BCUT2D eigenvalue weighted by Crippen LogP contribution is -2.02. The number of methoxy groups -OCH3 is 3. The molecule has 0 amide bonds. The number of carbonyl (C=O) groups is 1. The average Bonchev–Trinajstić information content (AvgIpc) is 2.37. The van der Waals surface area contributed by atoms with Crippen molar-refractivity contribution in [3.05, 3.63) is 23.3 Å². The van der Waals surface area contributed by atoms with Crippen molar-refractivity contribution in [3.8, 4) is 11.5 Å². The van der Waals surface area contributed by atoms with E-state index in [1.807, 2.05) is 19.1 Å². The maximum atomic E-state index is 11.1. The second kappa shape index (κ2) is 6.89. The number of hydrogen-bond donors (Lipinski definition) is 0. The molecule has 0 unspecified atom stereocenters. The first-order valence-electron chi connectivity index (χ1n) is 5.90. The highest BCUT2D eigenvalue weighted by Crippen LogP contribution is 2.29. The summed E-state index contributed by atoms with van der Waals surface area (Å²) >= 11 is 0. The standard InChI is InChI=1S/C14H20O4/c1-10-8-12(16-2)9-11(14(10)18-4)6-5-7-13(15)17-3/h8-9H,5-7H2,1-4H3.